The van der Waals surface area contributed by atoms with E-state index in [1.54, 1.807) is 12.3 Å². The minimum Gasteiger partial charge on any atom is -0.313 e. The van der Waals surface area contributed by atoms with Gasteiger partial charge in [-0.25, -0.2) is 0 Å². The van der Waals surface area contributed by atoms with Crippen molar-refractivity contribution in [2.75, 3.05) is 18.5 Å². The predicted molar refractivity (Wildman–Crippen MR) is 83.4 cm³/mol. The summed E-state index contributed by atoms with van der Waals surface area (Å²) in [5.41, 5.74) is 2.67. The Kier molecular flexibility index (Phi) is 3.97. The van der Waals surface area contributed by atoms with Crippen LogP contribution in [0.5, 0.6) is 0 Å². The maximum absolute atomic E-state index is 12.8. The van der Waals surface area contributed by atoms with Gasteiger partial charge in [-0.2, -0.15) is 0 Å². The number of hydrogen-bond donors (Lipinski definition) is 1. The van der Waals surface area contributed by atoms with Crippen molar-refractivity contribution < 1.29 is 4.79 Å². The number of para-hydroxylation sites is 1. The number of carbonyl (C=O) groups is 1. The molecule has 1 aromatic heterocycles. The molecule has 0 spiro atoms. The third-order valence-corrected chi connectivity index (χ3v) is 3.96. The number of pyridine rings is 1. The van der Waals surface area contributed by atoms with Crippen molar-refractivity contribution in [3.63, 3.8) is 0 Å². The number of nitrogens with one attached hydrogen (secondary N) is 1. The first-order valence-corrected chi connectivity index (χ1v) is 7.30. The first-order valence-electron chi connectivity index (χ1n) is 7.30. The summed E-state index contributed by atoms with van der Waals surface area (Å²) >= 11 is 0. The maximum Gasteiger partial charge on any atom is 0.276 e. The number of amides is 1. The van der Waals surface area contributed by atoms with Crippen molar-refractivity contribution >= 4 is 11.6 Å². The number of aromatic nitrogens is 1. The van der Waals surface area contributed by atoms with Crippen LogP contribution < -0.4 is 10.2 Å². The van der Waals surface area contributed by atoms with Crippen LogP contribution in [-0.2, 0) is 0 Å². The largest absolute Gasteiger partial charge is 0.313 e. The second kappa shape index (κ2) is 6.06. The second-order valence-corrected chi connectivity index (χ2v) is 5.21. The van der Waals surface area contributed by atoms with Crippen LogP contribution >= 0.6 is 0 Å². The average Bonchev–Trinajstić information content (AvgIpc) is 2.74. The highest BCUT2D eigenvalue weighted by molar-refractivity contribution is 6.05. The van der Waals surface area contributed by atoms with Gasteiger partial charge in [-0.3, -0.25) is 9.78 Å². The molecule has 3 rings (SSSR count). The van der Waals surface area contributed by atoms with E-state index in [1.165, 1.54) is 5.56 Å². The van der Waals surface area contributed by atoms with Crippen LogP contribution in [0.25, 0.3) is 0 Å². The molecule has 1 N–H and O–H groups in total. The fraction of sp³-hybridized carbons (Fsp3) is 0.294. The molecule has 1 aliphatic heterocycles. The molecule has 4 nitrogen and oxygen atoms in total. The van der Waals surface area contributed by atoms with Gasteiger partial charge in [0.2, 0.25) is 0 Å². The van der Waals surface area contributed by atoms with E-state index in [4.69, 9.17) is 0 Å². The summed E-state index contributed by atoms with van der Waals surface area (Å²) in [5.74, 6) is -0.0280. The van der Waals surface area contributed by atoms with Crippen LogP contribution in [0.15, 0.2) is 48.7 Å². The molecule has 1 amide bonds. The molecule has 2 heterocycles. The van der Waals surface area contributed by atoms with Gasteiger partial charge in [0.25, 0.3) is 5.91 Å². The van der Waals surface area contributed by atoms with Gasteiger partial charge in [-0.1, -0.05) is 24.3 Å². The first kappa shape index (κ1) is 13.8. The van der Waals surface area contributed by atoms with E-state index in [2.05, 4.69) is 16.4 Å². The summed E-state index contributed by atoms with van der Waals surface area (Å²) in [6.07, 6.45) is 3.66. The number of anilines is 1. The smallest absolute Gasteiger partial charge is 0.276 e. The molecule has 1 atom stereocenters. The molecule has 108 valence electrons. The molecule has 0 saturated heterocycles. The lowest BCUT2D eigenvalue weighted by molar-refractivity contribution is 0.0982. The molecular weight excluding hydrogens is 262 g/mol. The fourth-order valence-electron chi connectivity index (χ4n) is 2.90. The molecule has 0 radical (unpaired) electrons. The Bertz CT molecular complexity index is 627. The van der Waals surface area contributed by atoms with Gasteiger partial charge in [0, 0.05) is 24.5 Å². The Morgan fingerprint density at radius 1 is 1.24 bits per heavy atom. The van der Waals surface area contributed by atoms with E-state index in [9.17, 15) is 4.79 Å². The Balaban J connectivity index is 2.01. The van der Waals surface area contributed by atoms with E-state index >= 15 is 0 Å². The number of rotatable bonds is 2. The molecular formula is C17H19N3O. The molecule has 1 unspecified atom stereocenters. The lowest BCUT2D eigenvalue weighted by Crippen LogP contribution is -2.32. The Morgan fingerprint density at radius 2 is 2.05 bits per heavy atom. The number of benzene rings is 1. The quantitative estimate of drug-likeness (QED) is 0.920. The minimum atomic E-state index is -0.0280. The number of hydrogen-bond acceptors (Lipinski definition) is 3. The molecule has 4 heteroatoms. The highest BCUT2D eigenvalue weighted by atomic mass is 16.2. The van der Waals surface area contributed by atoms with E-state index in [-0.39, 0.29) is 5.91 Å². The lowest BCUT2D eigenvalue weighted by atomic mass is 10.0. The van der Waals surface area contributed by atoms with E-state index in [0.29, 0.717) is 11.7 Å². The minimum absolute atomic E-state index is 0.0280. The van der Waals surface area contributed by atoms with E-state index < -0.39 is 0 Å². The van der Waals surface area contributed by atoms with Crippen LogP contribution in [0.1, 0.15) is 34.9 Å². The van der Waals surface area contributed by atoms with Crippen molar-refractivity contribution in [1.29, 1.82) is 0 Å². The molecule has 1 aliphatic rings. The van der Waals surface area contributed by atoms with Crippen molar-refractivity contribution in [2.24, 2.45) is 0 Å². The van der Waals surface area contributed by atoms with Crippen LogP contribution in [-0.4, -0.2) is 24.5 Å². The third-order valence-electron chi connectivity index (χ3n) is 3.96. The molecule has 2 aromatic rings. The Morgan fingerprint density at radius 3 is 2.81 bits per heavy atom. The fourth-order valence-corrected chi connectivity index (χ4v) is 2.90. The van der Waals surface area contributed by atoms with Gasteiger partial charge in [-0.05, 0) is 43.7 Å². The van der Waals surface area contributed by atoms with E-state index in [0.717, 1.165) is 25.1 Å². The maximum atomic E-state index is 12.8. The predicted octanol–water partition coefficient (Wildman–Crippen LogP) is 2.78. The number of fused-ring (bicyclic) bond motifs is 1. The zero-order chi connectivity index (χ0) is 14.7. The Labute approximate surface area is 124 Å². The lowest BCUT2D eigenvalue weighted by Gasteiger charge is -2.23. The van der Waals surface area contributed by atoms with Crippen LogP contribution in [0.4, 0.5) is 5.69 Å². The van der Waals surface area contributed by atoms with E-state index in [1.807, 2.05) is 42.3 Å². The normalized spacial score (nSPS) is 18.0. The number of carbonyl (C=O) groups excluding carboxylic acids is 1. The summed E-state index contributed by atoms with van der Waals surface area (Å²) in [5, 5.41) is 3.35. The summed E-state index contributed by atoms with van der Waals surface area (Å²) in [4.78, 5) is 18.8. The van der Waals surface area contributed by atoms with Gasteiger partial charge in [0.15, 0.2) is 0 Å². The molecule has 1 aromatic carbocycles. The van der Waals surface area contributed by atoms with Crippen molar-refractivity contribution in [3.05, 3.63) is 59.9 Å². The van der Waals surface area contributed by atoms with Gasteiger partial charge < -0.3 is 10.2 Å². The average molecular weight is 281 g/mol. The van der Waals surface area contributed by atoms with Crippen LogP contribution in [0, 0.1) is 0 Å². The Hall–Kier alpha value is -2.20. The molecule has 0 fully saturated rings. The standard InChI is InChI=1S/C17H19N3O/c1-18-14-9-6-12-20(16-10-3-2-7-13(14)16)17(21)15-8-4-5-11-19-15/h2-5,7-8,10-11,14,18H,6,9,12H2,1H3. The second-order valence-electron chi connectivity index (χ2n) is 5.21. The molecule has 0 aliphatic carbocycles. The number of nitrogens with zero attached hydrogens (tertiary/aromatic N) is 2. The summed E-state index contributed by atoms with van der Waals surface area (Å²) in [6, 6.07) is 13.9. The van der Waals surface area contributed by atoms with Crippen molar-refractivity contribution in [2.45, 2.75) is 18.9 Å². The summed E-state index contributed by atoms with van der Waals surface area (Å²) in [6.45, 7) is 0.727. The highest BCUT2D eigenvalue weighted by Crippen LogP contribution is 2.33. The highest BCUT2D eigenvalue weighted by Gasteiger charge is 2.26. The van der Waals surface area contributed by atoms with Gasteiger partial charge in [0.05, 0.1) is 0 Å². The van der Waals surface area contributed by atoms with Gasteiger partial charge in [-0.15, -0.1) is 0 Å². The van der Waals surface area contributed by atoms with Gasteiger partial charge >= 0.3 is 0 Å². The van der Waals surface area contributed by atoms with Gasteiger partial charge in [0.1, 0.15) is 5.69 Å². The van der Waals surface area contributed by atoms with Crippen molar-refractivity contribution in [1.82, 2.24) is 10.3 Å². The van der Waals surface area contributed by atoms with Crippen LogP contribution in [0.2, 0.25) is 0 Å². The van der Waals surface area contributed by atoms with Crippen molar-refractivity contribution in [3.8, 4) is 0 Å². The van der Waals surface area contributed by atoms with Crippen LogP contribution in [0.3, 0.4) is 0 Å². The molecule has 0 saturated carbocycles. The third kappa shape index (κ3) is 2.67. The molecule has 0 bridgehead atoms. The SMILES string of the molecule is CNC1CCCN(C(=O)c2ccccn2)c2ccccc21. The summed E-state index contributed by atoms with van der Waals surface area (Å²) in [7, 11) is 1.97. The monoisotopic (exact) mass is 281 g/mol. The first-order chi connectivity index (χ1) is 10.3. The summed E-state index contributed by atoms with van der Waals surface area (Å²) < 4.78 is 0. The zero-order valence-corrected chi connectivity index (χ0v) is 12.1. The molecule has 21 heavy (non-hydrogen) atoms. The topological polar surface area (TPSA) is 45.2 Å². The zero-order valence-electron chi connectivity index (χ0n) is 12.1.